The largest absolute Gasteiger partial charge is 0.341 e. The fourth-order valence-electron chi connectivity index (χ4n) is 0.504. The number of carbonyl (C=O) groups is 1. The summed E-state index contributed by atoms with van der Waals surface area (Å²) in [7, 11) is 1.56. The Morgan fingerprint density at radius 3 is 2.55 bits per heavy atom. The van der Waals surface area contributed by atoms with Crippen molar-refractivity contribution in [3.63, 3.8) is 0 Å². The van der Waals surface area contributed by atoms with Gasteiger partial charge in [0.15, 0.2) is 0 Å². The van der Waals surface area contributed by atoms with Crippen LogP contribution in [-0.4, -0.2) is 22.9 Å². The quantitative estimate of drug-likeness (QED) is 0.609. The number of nitrogens with zero attached hydrogens (tertiary/aromatic N) is 2. The fourth-order valence-corrected chi connectivity index (χ4v) is 0.504. The molecule has 0 atom stereocenters. The molecule has 4 nitrogen and oxygen atoms in total. The summed E-state index contributed by atoms with van der Waals surface area (Å²) in [5.74, 6) is 0. The van der Waals surface area contributed by atoms with Crippen molar-refractivity contribution in [3.05, 3.63) is 18.5 Å². The highest BCUT2D eigenvalue weighted by atomic mass is 16.2. The maximum absolute atomic E-state index is 10.7. The van der Waals surface area contributed by atoms with E-state index in [4.69, 9.17) is 0 Å². The third-order valence-electron chi connectivity index (χ3n) is 0.926. The zero-order valence-electron chi connectivity index (χ0n) is 7.03. The number of hydrogen-bond acceptors (Lipinski definition) is 2. The van der Waals surface area contributed by atoms with Gasteiger partial charge in [-0.25, -0.2) is 4.79 Å². The standard InChI is InChI=1S/C5H7N3O.C2H6/c1-6-5(9)8-4-2-3-7-8;1-2/h2-4H,1H3,(H,6,9);1-2H3. The maximum Gasteiger partial charge on any atom is 0.341 e. The second kappa shape index (κ2) is 5.46. The molecule has 1 amide bonds. The first-order chi connectivity index (χ1) is 5.34. The topological polar surface area (TPSA) is 46.9 Å². The van der Waals surface area contributed by atoms with Crippen LogP contribution >= 0.6 is 0 Å². The smallest absolute Gasteiger partial charge is 0.339 e. The minimum Gasteiger partial charge on any atom is -0.339 e. The van der Waals surface area contributed by atoms with Crippen LogP contribution in [0.1, 0.15) is 13.8 Å². The average molecular weight is 155 g/mol. The summed E-state index contributed by atoms with van der Waals surface area (Å²) in [5.41, 5.74) is 0. The van der Waals surface area contributed by atoms with Gasteiger partial charge < -0.3 is 5.32 Å². The van der Waals surface area contributed by atoms with E-state index in [0.717, 1.165) is 0 Å². The summed E-state index contributed by atoms with van der Waals surface area (Å²) in [6.07, 6.45) is 3.13. The maximum atomic E-state index is 10.7. The highest BCUT2D eigenvalue weighted by Gasteiger charge is 1.96. The van der Waals surface area contributed by atoms with Crippen molar-refractivity contribution in [1.29, 1.82) is 0 Å². The van der Waals surface area contributed by atoms with Gasteiger partial charge >= 0.3 is 6.03 Å². The lowest BCUT2D eigenvalue weighted by Gasteiger charge is -1.94. The Hall–Kier alpha value is -1.32. The monoisotopic (exact) mass is 155 g/mol. The molecule has 0 aliphatic carbocycles. The Morgan fingerprint density at radius 1 is 1.55 bits per heavy atom. The molecule has 0 spiro atoms. The lowest BCUT2D eigenvalue weighted by molar-refractivity contribution is 0.241. The fraction of sp³-hybridized carbons (Fsp3) is 0.429. The van der Waals surface area contributed by atoms with E-state index in [9.17, 15) is 4.79 Å². The van der Waals surface area contributed by atoms with Gasteiger partial charge in [-0.1, -0.05) is 13.8 Å². The third kappa shape index (κ3) is 2.84. The van der Waals surface area contributed by atoms with Crippen LogP contribution < -0.4 is 5.32 Å². The van der Waals surface area contributed by atoms with Crippen LogP contribution in [0.15, 0.2) is 18.5 Å². The molecule has 1 N–H and O–H groups in total. The van der Waals surface area contributed by atoms with Crippen LogP contribution in [0.5, 0.6) is 0 Å². The van der Waals surface area contributed by atoms with Gasteiger partial charge in [0.05, 0.1) is 0 Å². The predicted octanol–water partition coefficient (Wildman–Crippen LogP) is 1.10. The van der Waals surface area contributed by atoms with Gasteiger partial charge in [0.2, 0.25) is 0 Å². The molecule has 0 aliphatic rings. The van der Waals surface area contributed by atoms with Crippen molar-refractivity contribution in [3.8, 4) is 0 Å². The van der Waals surface area contributed by atoms with Crippen LogP contribution in [0.4, 0.5) is 4.79 Å². The Balaban J connectivity index is 0.000000461. The number of rotatable bonds is 0. The summed E-state index contributed by atoms with van der Waals surface area (Å²) in [5, 5.41) is 6.12. The van der Waals surface area contributed by atoms with Gasteiger partial charge in [-0.3, -0.25) is 0 Å². The van der Waals surface area contributed by atoms with Gasteiger partial charge in [-0.05, 0) is 6.07 Å². The number of nitrogens with one attached hydrogen (secondary N) is 1. The van der Waals surface area contributed by atoms with Crippen LogP contribution in [0.25, 0.3) is 0 Å². The first kappa shape index (κ1) is 9.68. The predicted molar refractivity (Wildman–Crippen MR) is 43.4 cm³/mol. The average Bonchev–Trinajstić information content (AvgIpc) is 2.59. The van der Waals surface area contributed by atoms with E-state index in [1.807, 2.05) is 13.8 Å². The Kier molecular flexibility index (Phi) is 4.81. The highest BCUT2D eigenvalue weighted by Crippen LogP contribution is 1.80. The number of hydrogen-bond donors (Lipinski definition) is 1. The number of amides is 1. The molecule has 62 valence electrons. The van der Waals surface area contributed by atoms with Crippen molar-refractivity contribution in [2.45, 2.75) is 13.8 Å². The van der Waals surface area contributed by atoms with E-state index in [2.05, 4.69) is 10.4 Å². The van der Waals surface area contributed by atoms with Gasteiger partial charge in [0.1, 0.15) is 0 Å². The second-order valence-electron chi connectivity index (χ2n) is 1.51. The molecule has 0 aliphatic heterocycles. The molecule has 0 saturated carbocycles. The highest BCUT2D eigenvalue weighted by molar-refractivity contribution is 5.75. The zero-order valence-corrected chi connectivity index (χ0v) is 7.03. The molecule has 4 heteroatoms. The zero-order chi connectivity index (χ0) is 8.69. The second-order valence-corrected chi connectivity index (χ2v) is 1.51. The van der Waals surface area contributed by atoms with E-state index in [1.54, 1.807) is 25.5 Å². The molecular weight excluding hydrogens is 142 g/mol. The minimum atomic E-state index is -0.222. The van der Waals surface area contributed by atoms with Crippen molar-refractivity contribution < 1.29 is 4.79 Å². The Labute approximate surface area is 66.2 Å². The van der Waals surface area contributed by atoms with Crippen LogP contribution in [-0.2, 0) is 0 Å². The first-order valence-electron chi connectivity index (χ1n) is 3.56. The van der Waals surface area contributed by atoms with Gasteiger partial charge in [0, 0.05) is 19.4 Å². The number of aromatic nitrogens is 2. The van der Waals surface area contributed by atoms with Crippen molar-refractivity contribution >= 4 is 6.03 Å². The summed E-state index contributed by atoms with van der Waals surface area (Å²) in [6.45, 7) is 4.00. The molecule has 0 aromatic carbocycles. The van der Waals surface area contributed by atoms with Gasteiger partial charge in [-0.15, -0.1) is 0 Å². The molecular formula is C7H13N3O. The summed E-state index contributed by atoms with van der Waals surface area (Å²) >= 11 is 0. The Bertz CT molecular complexity index is 193. The lowest BCUT2D eigenvalue weighted by Crippen LogP contribution is -2.24. The lowest BCUT2D eigenvalue weighted by atomic mass is 10.7. The van der Waals surface area contributed by atoms with E-state index in [0.29, 0.717) is 0 Å². The van der Waals surface area contributed by atoms with Gasteiger partial charge in [-0.2, -0.15) is 9.78 Å². The molecule has 0 bridgehead atoms. The van der Waals surface area contributed by atoms with Crippen LogP contribution in [0.2, 0.25) is 0 Å². The van der Waals surface area contributed by atoms with E-state index >= 15 is 0 Å². The van der Waals surface area contributed by atoms with E-state index in [-0.39, 0.29) is 6.03 Å². The minimum absolute atomic E-state index is 0.222. The molecule has 0 fully saturated rings. The SMILES string of the molecule is CC.CNC(=O)n1cccn1. The van der Waals surface area contributed by atoms with Gasteiger partial charge in [0.25, 0.3) is 0 Å². The van der Waals surface area contributed by atoms with Crippen LogP contribution in [0, 0.1) is 0 Å². The summed E-state index contributed by atoms with van der Waals surface area (Å²) in [6, 6.07) is 1.47. The molecule has 1 aromatic rings. The van der Waals surface area contributed by atoms with Crippen molar-refractivity contribution in [1.82, 2.24) is 15.1 Å². The molecule has 1 heterocycles. The van der Waals surface area contributed by atoms with E-state index < -0.39 is 0 Å². The van der Waals surface area contributed by atoms with E-state index in [1.165, 1.54) is 4.68 Å². The molecule has 0 unspecified atom stereocenters. The Morgan fingerprint density at radius 2 is 2.18 bits per heavy atom. The number of carbonyl (C=O) groups excluding carboxylic acids is 1. The van der Waals surface area contributed by atoms with Crippen LogP contribution in [0.3, 0.4) is 0 Å². The first-order valence-corrected chi connectivity index (χ1v) is 3.56. The normalized spacial score (nSPS) is 7.91. The molecule has 0 saturated heterocycles. The summed E-state index contributed by atoms with van der Waals surface area (Å²) in [4.78, 5) is 10.7. The molecule has 0 radical (unpaired) electrons. The molecule has 11 heavy (non-hydrogen) atoms. The third-order valence-corrected chi connectivity index (χ3v) is 0.926. The molecule has 1 rings (SSSR count). The van der Waals surface area contributed by atoms with Crippen molar-refractivity contribution in [2.75, 3.05) is 7.05 Å². The van der Waals surface area contributed by atoms with Crippen molar-refractivity contribution in [2.24, 2.45) is 0 Å². The molecule has 1 aromatic heterocycles. The summed E-state index contributed by atoms with van der Waals surface area (Å²) < 4.78 is 1.22.